The van der Waals surface area contributed by atoms with Gasteiger partial charge in [0.25, 0.3) is 0 Å². The highest BCUT2D eigenvalue weighted by Gasteiger charge is 2.37. The topological polar surface area (TPSA) is 16.1 Å². The van der Waals surface area contributed by atoms with E-state index < -0.39 is 0 Å². The monoisotopic (exact) mass is 300 g/mol. The Labute approximate surface area is 109 Å². The molecule has 0 spiro atoms. The molecule has 1 aromatic rings. The van der Waals surface area contributed by atoms with Crippen molar-refractivity contribution >= 4 is 33.3 Å². The van der Waals surface area contributed by atoms with Gasteiger partial charge in [-0.15, -0.1) is 0 Å². The van der Waals surface area contributed by atoms with Crippen molar-refractivity contribution in [2.45, 2.75) is 19.3 Å². The summed E-state index contributed by atoms with van der Waals surface area (Å²) in [5.41, 5.74) is 0. The summed E-state index contributed by atoms with van der Waals surface area (Å²) < 4.78 is 0.945. The fourth-order valence-electron chi connectivity index (χ4n) is 3.05. The minimum atomic E-state index is 0.759. The zero-order valence-corrected chi connectivity index (χ0v) is 11.3. The summed E-state index contributed by atoms with van der Waals surface area (Å²) in [5, 5.41) is 0.759. The van der Waals surface area contributed by atoms with E-state index in [1.54, 1.807) is 0 Å². The predicted molar refractivity (Wildman–Crippen MR) is 70.0 cm³/mol. The molecule has 86 valence electrons. The number of fused-ring (bicyclic) bond motifs is 1. The minimum Gasteiger partial charge on any atom is -0.355 e. The van der Waals surface area contributed by atoms with Gasteiger partial charge in [0.05, 0.1) is 5.02 Å². The predicted octanol–water partition coefficient (Wildman–Crippen LogP) is 3.73. The highest BCUT2D eigenvalue weighted by molar-refractivity contribution is 9.10. The van der Waals surface area contributed by atoms with Crippen molar-refractivity contribution < 1.29 is 0 Å². The zero-order chi connectivity index (χ0) is 11.1. The molecule has 2 atom stereocenters. The van der Waals surface area contributed by atoms with E-state index in [1.807, 2.05) is 12.3 Å². The number of rotatable bonds is 1. The number of halogens is 2. The molecule has 16 heavy (non-hydrogen) atoms. The lowest BCUT2D eigenvalue weighted by Gasteiger charge is -2.19. The van der Waals surface area contributed by atoms with Gasteiger partial charge in [0, 0.05) is 23.8 Å². The van der Waals surface area contributed by atoms with Crippen LogP contribution in [0.1, 0.15) is 19.3 Å². The second kappa shape index (κ2) is 4.19. The van der Waals surface area contributed by atoms with Crippen LogP contribution in [0.5, 0.6) is 0 Å². The highest BCUT2D eigenvalue weighted by atomic mass is 79.9. The van der Waals surface area contributed by atoms with Gasteiger partial charge in [-0.2, -0.15) is 0 Å². The van der Waals surface area contributed by atoms with E-state index in [2.05, 4.69) is 25.8 Å². The van der Waals surface area contributed by atoms with Gasteiger partial charge in [0.1, 0.15) is 5.82 Å². The number of hydrogen-bond donors (Lipinski definition) is 0. The van der Waals surface area contributed by atoms with Crippen LogP contribution in [-0.4, -0.2) is 18.1 Å². The molecule has 1 saturated carbocycles. The van der Waals surface area contributed by atoms with Crippen LogP contribution in [0.15, 0.2) is 16.7 Å². The van der Waals surface area contributed by atoms with Crippen molar-refractivity contribution in [3.63, 3.8) is 0 Å². The van der Waals surface area contributed by atoms with E-state index in [4.69, 9.17) is 11.6 Å². The Kier molecular flexibility index (Phi) is 2.84. The molecule has 0 radical (unpaired) electrons. The molecule has 0 amide bonds. The van der Waals surface area contributed by atoms with Crippen LogP contribution in [0.25, 0.3) is 0 Å². The summed E-state index contributed by atoms with van der Waals surface area (Å²) in [4.78, 5) is 6.78. The highest BCUT2D eigenvalue weighted by Crippen LogP contribution is 2.40. The Morgan fingerprint density at radius 2 is 2.00 bits per heavy atom. The summed E-state index contributed by atoms with van der Waals surface area (Å²) >= 11 is 9.62. The van der Waals surface area contributed by atoms with E-state index >= 15 is 0 Å². The van der Waals surface area contributed by atoms with Gasteiger partial charge >= 0.3 is 0 Å². The molecular weight excluding hydrogens is 288 g/mol. The van der Waals surface area contributed by atoms with E-state index in [0.717, 1.165) is 40.2 Å². The molecule has 4 heteroatoms. The lowest BCUT2D eigenvalue weighted by atomic mass is 10.0. The normalized spacial score (nSPS) is 28.5. The SMILES string of the molecule is Clc1cc(Br)cnc1N1CC2CCCC2C1. The van der Waals surface area contributed by atoms with Crippen LogP contribution in [-0.2, 0) is 0 Å². The van der Waals surface area contributed by atoms with Crippen molar-refractivity contribution in [1.82, 2.24) is 4.98 Å². The van der Waals surface area contributed by atoms with Crippen LogP contribution in [0, 0.1) is 11.8 Å². The van der Waals surface area contributed by atoms with Crippen LogP contribution >= 0.6 is 27.5 Å². The Hall–Kier alpha value is -0.280. The minimum absolute atomic E-state index is 0.759. The fourth-order valence-corrected chi connectivity index (χ4v) is 3.80. The average Bonchev–Trinajstić information content (AvgIpc) is 2.76. The van der Waals surface area contributed by atoms with Crippen molar-refractivity contribution in [2.24, 2.45) is 11.8 Å². The lowest BCUT2D eigenvalue weighted by Crippen LogP contribution is -2.22. The maximum Gasteiger partial charge on any atom is 0.147 e. The maximum atomic E-state index is 6.23. The summed E-state index contributed by atoms with van der Waals surface area (Å²) in [7, 11) is 0. The molecular formula is C12H14BrClN2. The first-order valence-corrected chi connectivity index (χ1v) is 6.97. The van der Waals surface area contributed by atoms with Crippen LogP contribution in [0.3, 0.4) is 0 Å². The third-order valence-corrected chi connectivity index (χ3v) is 4.53. The molecule has 2 heterocycles. The third-order valence-electron chi connectivity index (χ3n) is 3.81. The van der Waals surface area contributed by atoms with E-state index in [-0.39, 0.29) is 0 Å². The van der Waals surface area contributed by atoms with Gasteiger partial charge in [-0.25, -0.2) is 4.98 Å². The molecule has 2 fully saturated rings. The first kappa shape index (κ1) is 10.8. The average molecular weight is 302 g/mol. The number of anilines is 1. The lowest BCUT2D eigenvalue weighted by molar-refractivity contribution is 0.494. The zero-order valence-electron chi connectivity index (χ0n) is 9.00. The van der Waals surface area contributed by atoms with Gasteiger partial charge in [0.15, 0.2) is 0 Å². The van der Waals surface area contributed by atoms with Gasteiger partial charge in [-0.05, 0) is 46.7 Å². The first-order chi connectivity index (χ1) is 7.74. The molecule has 0 N–H and O–H groups in total. The second-order valence-corrected chi connectivity index (χ2v) is 6.14. The van der Waals surface area contributed by atoms with Crippen LogP contribution in [0.4, 0.5) is 5.82 Å². The molecule has 1 aliphatic carbocycles. The van der Waals surface area contributed by atoms with E-state index in [9.17, 15) is 0 Å². The summed E-state index contributed by atoms with van der Waals surface area (Å²) in [6.07, 6.45) is 6.00. The second-order valence-electron chi connectivity index (χ2n) is 4.82. The maximum absolute atomic E-state index is 6.23. The molecule has 2 aliphatic rings. The standard InChI is InChI=1S/C12H14BrClN2/c13-10-4-11(14)12(15-5-10)16-6-8-2-1-3-9(8)7-16/h4-5,8-9H,1-3,6-7H2. The van der Waals surface area contributed by atoms with E-state index in [1.165, 1.54) is 19.3 Å². The fraction of sp³-hybridized carbons (Fsp3) is 0.583. The third kappa shape index (κ3) is 1.84. The molecule has 2 nitrogen and oxygen atoms in total. The Morgan fingerprint density at radius 3 is 2.62 bits per heavy atom. The number of pyridine rings is 1. The van der Waals surface area contributed by atoms with Crippen LogP contribution < -0.4 is 4.90 Å². The summed E-state index contributed by atoms with van der Waals surface area (Å²) in [6.45, 7) is 2.28. The van der Waals surface area contributed by atoms with Crippen molar-refractivity contribution in [3.8, 4) is 0 Å². The first-order valence-electron chi connectivity index (χ1n) is 5.80. The molecule has 1 saturated heterocycles. The van der Waals surface area contributed by atoms with Crippen molar-refractivity contribution in [1.29, 1.82) is 0 Å². The van der Waals surface area contributed by atoms with Gasteiger partial charge < -0.3 is 4.90 Å². The number of aromatic nitrogens is 1. The van der Waals surface area contributed by atoms with Gasteiger partial charge in [-0.3, -0.25) is 0 Å². The molecule has 1 aliphatic heterocycles. The smallest absolute Gasteiger partial charge is 0.147 e. The van der Waals surface area contributed by atoms with Crippen molar-refractivity contribution in [2.75, 3.05) is 18.0 Å². The Balaban J connectivity index is 1.83. The summed E-state index contributed by atoms with van der Waals surface area (Å²) in [5.74, 6) is 2.71. The van der Waals surface area contributed by atoms with Crippen LogP contribution in [0.2, 0.25) is 5.02 Å². The van der Waals surface area contributed by atoms with E-state index in [0.29, 0.717) is 0 Å². The number of nitrogens with zero attached hydrogens (tertiary/aromatic N) is 2. The van der Waals surface area contributed by atoms with Gasteiger partial charge in [0.2, 0.25) is 0 Å². The summed E-state index contributed by atoms with van der Waals surface area (Å²) in [6, 6.07) is 1.93. The Morgan fingerprint density at radius 1 is 1.31 bits per heavy atom. The van der Waals surface area contributed by atoms with Crippen molar-refractivity contribution in [3.05, 3.63) is 21.8 Å². The molecule has 3 rings (SSSR count). The van der Waals surface area contributed by atoms with Gasteiger partial charge in [-0.1, -0.05) is 18.0 Å². The molecule has 0 bridgehead atoms. The quantitative estimate of drug-likeness (QED) is 0.785. The molecule has 0 aromatic carbocycles. The number of hydrogen-bond acceptors (Lipinski definition) is 2. The Bertz CT molecular complexity index is 398. The largest absolute Gasteiger partial charge is 0.355 e. The molecule has 2 unspecified atom stereocenters. The molecule has 1 aromatic heterocycles.